The number of benzene rings is 1. The average molecular weight is 344 g/mol. The van der Waals surface area contributed by atoms with Crippen LogP contribution in [0.3, 0.4) is 0 Å². The highest BCUT2D eigenvalue weighted by Crippen LogP contribution is 2.24. The SMILES string of the molecule is Cn1ncc2c(=O)[nH]c(N3CCN(c4cc(O)cc(F)c4)CC3)nc21. The molecule has 1 aliphatic heterocycles. The monoisotopic (exact) mass is 344 g/mol. The van der Waals surface area contributed by atoms with Crippen LogP contribution in [0.4, 0.5) is 16.0 Å². The first-order valence-corrected chi connectivity index (χ1v) is 7.93. The molecule has 130 valence electrons. The summed E-state index contributed by atoms with van der Waals surface area (Å²) in [4.78, 5) is 23.4. The lowest BCUT2D eigenvalue weighted by molar-refractivity contribution is 0.468. The Morgan fingerprint density at radius 3 is 2.60 bits per heavy atom. The van der Waals surface area contributed by atoms with Crippen LogP contribution in [0.5, 0.6) is 5.75 Å². The molecule has 0 amide bonds. The van der Waals surface area contributed by atoms with E-state index in [1.54, 1.807) is 17.8 Å². The van der Waals surface area contributed by atoms with E-state index in [-0.39, 0.29) is 11.3 Å². The van der Waals surface area contributed by atoms with Crippen molar-refractivity contribution >= 4 is 22.7 Å². The molecule has 25 heavy (non-hydrogen) atoms. The van der Waals surface area contributed by atoms with Crippen molar-refractivity contribution in [2.24, 2.45) is 7.05 Å². The van der Waals surface area contributed by atoms with Gasteiger partial charge >= 0.3 is 0 Å². The number of aromatic amines is 1. The van der Waals surface area contributed by atoms with Crippen molar-refractivity contribution in [1.29, 1.82) is 0 Å². The van der Waals surface area contributed by atoms with Crippen LogP contribution in [0.15, 0.2) is 29.2 Å². The first-order valence-electron chi connectivity index (χ1n) is 7.93. The number of aromatic nitrogens is 4. The summed E-state index contributed by atoms with van der Waals surface area (Å²) in [5.41, 5.74) is 0.961. The van der Waals surface area contributed by atoms with Crippen molar-refractivity contribution in [2.45, 2.75) is 0 Å². The number of nitrogens with zero attached hydrogens (tertiary/aromatic N) is 5. The molecule has 3 heterocycles. The topological polar surface area (TPSA) is 90.3 Å². The van der Waals surface area contributed by atoms with Crippen molar-refractivity contribution in [3.8, 4) is 5.75 Å². The molecule has 0 spiro atoms. The molecule has 2 N–H and O–H groups in total. The molecule has 8 nitrogen and oxygen atoms in total. The molecular weight excluding hydrogens is 327 g/mol. The van der Waals surface area contributed by atoms with E-state index >= 15 is 0 Å². The summed E-state index contributed by atoms with van der Waals surface area (Å²) in [7, 11) is 1.74. The molecule has 0 saturated carbocycles. The van der Waals surface area contributed by atoms with Gasteiger partial charge in [-0.25, -0.2) is 4.39 Å². The normalized spacial score (nSPS) is 15.1. The average Bonchev–Trinajstić information content (AvgIpc) is 2.96. The van der Waals surface area contributed by atoms with Crippen LogP contribution >= 0.6 is 0 Å². The fourth-order valence-corrected chi connectivity index (χ4v) is 3.09. The van der Waals surface area contributed by atoms with Crippen LogP contribution in [0.25, 0.3) is 11.0 Å². The Bertz CT molecular complexity index is 970. The Morgan fingerprint density at radius 1 is 1.16 bits per heavy atom. The lowest BCUT2D eigenvalue weighted by Gasteiger charge is -2.36. The number of anilines is 2. The van der Waals surface area contributed by atoms with E-state index in [2.05, 4.69) is 15.1 Å². The van der Waals surface area contributed by atoms with Crippen molar-refractivity contribution < 1.29 is 9.50 Å². The number of fused-ring (bicyclic) bond motifs is 1. The molecular formula is C16H17FN6O2. The van der Waals surface area contributed by atoms with Gasteiger partial charge in [0, 0.05) is 51.0 Å². The van der Waals surface area contributed by atoms with E-state index in [9.17, 15) is 14.3 Å². The number of rotatable bonds is 2. The highest BCUT2D eigenvalue weighted by atomic mass is 19.1. The molecule has 1 fully saturated rings. The number of nitrogens with one attached hydrogen (secondary N) is 1. The van der Waals surface area contributed by atoms with Gasteiger partial charge in [0.15, 0.2) is 5.65 Å². The zero-order chi connectivity index (χ0) is 17.6. The highest BCUT2D eigenvalue weighted by molar-refractivity contribution is 5.74. The molecule has 9 heteroatoms. The predicted molar refractivity (Wildman–Crippen MR) is 91.6 cm³/mol. The predicted octanol–water partition coefficient (Wildman–Crippen LogP) is 0.828. The summed E-state index contributed by atoms with van der Waals surface area (Å²) in [5.74, 6) is -0.0574. The van der Waals surface area contributed by atoms with Gasteiger partial charge in [-0.3, -0.25) is 14.5 Å². The van der Waals surface area contributed by atoms with E-state index in [1.807, 2.05) is 9.80 Å². The van der Waals surface area contributed by atoms with Gasteiger partial charge in [0.1, 0.15) is 17.0 Å². The summed E-state index contributed by atoms with van der Waals surface area (Å²) in [6, 6.07) is 4.02. The molecule has 1 saturated heterocycles. The van der Waals surface area contributed by atoms with Crippen molar-refractivity contribution in [2.75, 3.05) is 36.0 Å². The molecule has 3 aromatic rings. The van der Waals surface area contributed by atoms with Gasteiger partial charge in [0.25, 0.3) is 5.56 Å². The molecule has 0 bridgehead atoms. The minimum atomic E-state index is -0.468. The molecule has 2 aromatic heterocycles. The highest BCUT2D eigenvalue weighted by Gasteiger charge is 2.21. The molecule has 0 atom stereocenters. The fraction of sp³-hybridized carbons (Fsp3) is 0.312. The number of piperazine rings is 1. The Hall–Kier alpha value is -3.10. The smallest absolute Gasteiger partial charge is 0.263 e. The van der Waals surface area contributed by atoms with Crippen molar-refractivity contribution in [3.05, 3.63) is 40.6 Å². The third-order valence-corrected chi connectivity index (χ3v) is 4.40. The summed E-state index contributed by atoms with van der Waals surface area (Å²) in [6.07, 6.45) is 1.50. The van der Waals surface area contributed by atoms with Gasteiger partial charge in [-0.15, -0.1) is 0 Å². The number of aryl methyl sites for hydroxylation is 1. The zero-order valence-electron chi connectivity index (χ0n) is 13.6. The van der Waals surface area contributed by atoms with Gasteiger partial charge in [-0.05, 0) is 6.07 Å². The Kier molecular flexibility index (Phi) is 3.56. The fourth-order valence-electron chi connectivity index (χ4n) is 3.09. The maximum atomic E-state index is 13.5. The van der Waals surface area contributed by atoms with Crippen LogP contribution in [-0.4, -0.2) is 51.0 Å². The summed E-state index contributed by atoms with van der Waals surface area (Å²) >= 11 is 0. The summed E-state index contributed by atoms with van der Waals surface area (Å²) in [5, 5.41) is 14.1. The van der Waals surface area contributed by atoms with Gasteiger partial charge in [0.2, 0.25) is 5.95 Å². The Morgan fingerprint density at radius 2 is 1.88 bits per heavy atom. The standard InChI is InChI=1S/C16H17FN6O2/c1-21-14-13(9-18-21)15(25)20-16(19-14)23-4-2-22(3-5-23)11-6-10(17)7-12(24)8-11/h6-9,24H,2-5H2,1H3,(H,19,20,25). The van der Waals surface area contributed by atoms with Crippen LogP contribution in [-0.2, 0) is 7.05 Å². The van der Waals surface area contributed by atoms with Crippen LogP contribution in [0, 0.1) is 5.82 Å². The number of phenolic OH excluding ortho intramolecular Hbond substituents is 1. The molecule has 0 unspecified atom stereocenters. The number of phenols is 1. The van der Waals surface area contributed by atoms with E-state index in [1.165, 1.54) is 12.3 Å². The Labute approximate surface area is 142 Å². The number of halogens is 1. The second kappa shape index (κ2) is 5.76. The number of hydrogen-bond donors (Lipinski definition) is 2. The third kappa shape index (κ3) is 2.77. The lowest BCUT2D eigenvalue weighted by Crippen LogP contribution is -2.47. The third-order valence-electron chi connectivity index (χ3n) is 4.40. The van der Waals surface area contributed by atoms with Gasteiger partial charge in [0.05, 0.1) is 6.20 Å². The largest absolute Gasteiger partial charge is 0.508 e. The minimum Gasteiger partial charge on any atom is -0.508 e. The van der Waals surface area contributed by atoms with Crippen molar-refractivity contribution in [3.63, 3.8) is 0 Å². The summed E-state index contributed by atoms with van der Waals surface area (Å²) < 4.78 is 15.0. The lowest BCUT2D eigenvalue weighted by atomic mass is 10.2. The van der Waals surface area contributed by atoms with E-state index in [0.717, 1.165) is 6.07 Å². The molecule has 4 rings (SSSR count). The quantitative estimate of drug-likeness (QED) is 0.716. The number of hydrogen-bond acceptors (Lipinski definition) is 6. The molecule has 1 aliphatic rings. The van der Waals surface area contributed by atoms with Crippen LogP contribution in [0.2, 0.25) is 0 Å². The first kappa shape index (κ1) is 15.4. The van der Waals surface area contributed by atoms with E-state index in [4.69, 9.17) is 0 Å². The second-order valence-corrected chi connectivity index (χ2v) is 6.04. The first-order chi connectivity index (χ1) is 12.0. The summed E-state index contributed by atoms with van der Waals surface area (Å²) in [6.45, 7) is 2.47. The van der Waals surface area contributed by atoms with Gasteiger partial charge in [-0.1, -0.05) is 0 Å². The zero-order valence-corrected chi connectivity index (χ0v) is 13.6. The van der Waals surface area contributed by atoms with Crippen LogP contribution < -0.4 is 15.4 Å². The number of aromatic hydroxyl groups is 1. The minimum absolute atomic E-state index is 0.0925. The van der Waals surface area contributed by atoms with E-state index < -0.39 is 5.82 Å². The van der Waals surface area contributed by atoms with Crippen molar-refractivity contribution in [1.82, 2.24) is 19.7 Å². The Balaban J connectivity index is 1.56. The number of H-pyrrole nitrogens is 1. The molecule has 0 radical (unpaired) electrons. The molecule has 1 aromatic carbocycles. The van der Waals surface area contributed by atoms with Gasteiger partial charge < -0.3 is 14.9 Å². The maximum absolute atomic E-state index is 13.5. The van der Waals surface area contributed by atoms with E-state index in [0.29, 0.717) is 48.8 Å². The molecule has 0 aliphatic carbocycles. The van der Waals surface area contributed by atoms with Crippen LogP contribution in [0.1, 0.15) is 0 Å². The maximum Gasteiger partial charge on any atom is 0.263 e. The second-order valence-electron chi connectivity index (χ2n) is 6.04. The van der Waals surface area contributed by atoms with Gasteiger partial charge in [-0.2, -0.15) is 10.1 Å².